The summed E-state index contributed by atoms with van der Waals surface area (Å²) in [5.41, 5.74) is 0.321. The standard InChI is InChI=1S/C16H23FN2O2/c1-3-21-15-13(7-4-8-14(15)17)16(20)19-9-5-6-12(11-19)10-18-2/h4,7-8,12,18H,3,5-6,9-11H2,1-2H3/t12-/m0/s1. The van der Waals surface area contributed by atoms with Gasteiger partial charge >= 0.3 is 0 Å². The molecule has 0 unspecified atom stereocenters. The Morgan fingerprint density at radius 1 is 1.52 bits per heavy atom. The molecule has 0 bridgehead atoms. The minimum Gasteiger partial charge on any atom is -0.490 e. The molecule has 1 aromatic rings. The zero-order valence-electron chi connectivity index (χ0n) is 12.7. The maximum Gasteiger partial charge on any atom is 0.257 e. The minimum absolute atomic E-state index is 0.0701. The molecule has 116 valence electrons. The fourth-order valence-corrected chi connectivity index (χ4v) is 2.84. The molecule has 1 N–H and O–H groups in total. The highest BCUT2D eigenvalue weighted by Gasteiger charge is 2.26. The van der Waals surface area contributed by atoms with Crippen LogP contribution in [0.4, 0.5) is 4.39 Å². The molecule has 1 saturated heterocycles. The lowest BCUT2D eigenvalue weighted by Gasteiger charge is -2.33. The molecular formula is C16H23FN2O2. The lowest BCUT2D eigenvalue weighted by molar-refractivity contribution is 0.0669. The Morgan fingerprint density at radius 2 is 2.33 bits per heavy atom. The lowest BCUT2D eigenvalue weighted by Crippen LogP contribution is -2.42. The normalized spacial score (nSPS) is 18.6. The molecule has 4 nitrogen and oxygen atoms in total. The van der Waals surface area contributed by atoms with Crippen LogP contribution in [-0.2, 0) is 0 Å². The summed E-state index contributed by atoms with van der Waals surface area (Å²) in [6.45, 7) is 4.45. The highest BCUT2D eigenvalue weighted by molar-refractivity contribution is 5.97. The first-order valence-corrected chi connectivity index (χ1v) is 7.52. The molecule has 0 spiro atoms. The van der Waals surface area contributed by atoms with E-state index in [1.54, 1.807) is 19.1 Å². The Morgan fingerprint density at radius 3 is 3.05 bits per heavy atom. The van der Waals surface area contributed by atoms with Crippen molar-refractivity contribution in [2.24, 2.45) is 5.92 Å². The molecular weight excluding hydrogens is 271 g/mol. The molecule has 0 aromatic heterocycles. The van der Waals surface area contributed by atoms with Crippen molar-refractivity contribution in [3.05, 3.63) is 29.6 Å². The second-order valence-electron chi connectivity index (χ2n) is 5.37. The first-order valence-electron chi connectivity index (χ1n) is 7.52. The summed E-state index contributed by atoms with van der Waals surface area (Å²) in [7, 11) is 1.92. The van der Waals surface area contributed by atoms with Gasteiger partial charge in [-0.3, -0.25) is 4.79 Å². The Balaban J connectivity index is 2.17. The maximum atomic E-state index is 13.9. The van der Waals surface area contributed by atoms with Gasteiger partial charge in [0.25, 0.3) is 5.91 Å². The van der Waals surface area contributed by atoms with Crippen molar-refractivity contribution in [2.75, 3.05) is 33.3 Å². The van der Waals surface area contributed by atoms with Crippen molar-refractivity contribution < 1.29 is 13.9 Å². The largest absolute Gasteiger partial charge is 0.490 e. The molecule has 1 aliphatic heterocycles. The van der Waals surface area contributed by atoms with Crippen LogP contribution in [0.25, 0.3) is 0 Å². The quantitative estimate of drug-likeness (QED) is 0.906. The van der Waals surface area contributed by atoms with Gasteiger partial charge in [0.05, 0.1) is 12.2 Å². The summed E-state index contributed by atoms with van der Waals surface area (Å²) in [6, 6.07) is 4.51. The molecule has 2 rings (SSSR count). The summed E-state index contributed by atoms with van der Waals surface area (Å²) < 4.78 is 19.2. The molecule has 1 aromatic carbocycles. The average molecular weight is 294 g/mol. The highest BCUT2D eigenvalue weighted by atomic mass is 19.1. The maximum absolute atomic E-state index is 13.9. The molecule has 1 amide bonds. The number of hydrogen-bond acceptors (Lipinski definition) is 3. The number of para-hydroxylation sites is 1. The number of rotatable bonds is 5. The predicted molar refractivity (Wildman–Crippen MR) is 80.1 cm³/mol. The van der Waals surface area contributed by atoms with Gasteiger partial charge in [-0.1, -0.05) is 6.07 Å². The van der Waals surface area contributed by atoms with E-state index in [0.717, 1.165) is 25.9 Å². The lowest BCUT2D eigenvalue weighted by atomic mass is 9.97. The Bertz CT molecular complexity index is 491. The smallest absolute Gasteiger partial charge is 0.257 e. The SMILES string of the molecule is CCOc1c(F)cccc1C(=O)N1CCC[C@@H](CNC)C1. The van der Waals surface area contributed by atoms with E-state index in [-0.39, 0.29) is 11.7 Å². The number of piperidine rings is 1. The van der Waals surface area contributed by atoms with Crippen molar-refractivity contribution in [3.63, 3.8) is 0 Å². The fraction of sp³-hybridized carbons (Fsp3) is 0.562. The first-order chi connectivity index (χ1) is 10.2. The number of benzene rings is 1. The number of amides is 1. The van der Waals surface area contributed by atoms with Crippen molar-refractivity contribution in [3.8, 4) is 5.75 Å². The zero-order valence-corrected chi connectivity index (χ0v) is 12.7. The van der Waals surface area contributed by atoms with Gasteiger partial charge in [0, 0.05) is 13.1 Å². The molecule has 1 fully saturated rings. The third-order valence-electron chi connectivity index (χ3n) is 3.79. The molecule has 1 atom stereocenters. The Labute approximate surface area is 125 Å². The van der Waals surface area contributed by atoms with Crippen LogP contribution < -0.4 is 10.1 Å². The number of likely N-dealkylation sites (tertiary alicyclic amines) is 1. The topological polar surface area (TPSA) is 41.6 Å². The molecule has 0 aliphatic carbocycles. The summed E-state index contributed by atoms with van der Waals surface area (Å²) in [4.78, 5) is 14.5. The van der Waals surface area contributed by atoms with Crippen LogP contribution >= 0.6 is 0 Å². The van der Waals surface area contributed by atoms with Crippen LogP contribution in [0.15, 0.2) is 18.2 Å². The monoisotopic (exact) mass is 294 g/mol. The van der Waals surface area contributed by atoms with Gasteiger partial charge in [-0.2, -0.15) is 0 Å². The van der Waals surface area contributed by atoms with Crippen LogP contribution in [0.3, 0.4) is 0 Å². The minimum atomic E-state index is -0.480. The summed E-state index contributed by atoms with van der Waals surface area (Å²) in [5, 5.41) is 3.15. The van der Waals surface area contributed by atoms with E-state index in [9.17, 15) is 9.18 Å². The average Bonchev–Trinajstić information content (AvgIpc) is 2.49. The van der Waals surface area contributed by atoms with E-state index < -0.39 is 5.82 Å². The van der Waals surface area contributed by atoms with Gasteiger partial charge in [-0.05, 0) is 51.4 Å². The molecule has 0 saturated carbocycles. The van der Waals surface area contributed by atoms with Gasteiger partial charge in [-0.15, -0.1) is 0 Å². The van der Waals surface area contributed by atoms with Crippen LogP contribution in [0.2, 0.25) is 0 Å². The fourth-order valence-electron chi connectivity index (χ4n) is 2.84. The molecule has 21 heavy (non-hydrogen) atoms. The number of carbonyl (C=O) groups is 1. The summed E-state index contributed by atoms with van der Waals surface area (Å²) >= 11 is 0. The van der Waals surface area contributed by atoms with E-state index in [0.29, 0.717) is 24.6 Å². The second-order valence-corrected chi connectivity index (χ2v) is 5.37. The van der Waals surface area contributed by atoms with Gasteiger partial charge in [0.2, 0.25) is 0 Å². The molecule has 5 heteroatoms. The number of nitrogens with one attached hydrogen (secondary N) is 1. The zero-order chi connectivity index (χ0) is 15.2. The van der Waals surface area contributed by atoms with Crippen molar-refractivity contribution in [1.29, 1.82) is 0 Å². The van der Waals surface area contributed by atoms with Crippen LogP contribution in [0.1, 0.15) is 30.1 Å². The van der Waals surface area contributed by atoms with E-state index in [1.165, 1.54) is 6.07 Å². The van der Waals surface area contributed by atoms with Gasteiger partial charge < -0.3 is 15.0 Å². The van der Waals surface area contributed by atoms with E-state index in [2.05, 4.69) is 5.32 Å². The number of nitrogens with zero attached hydrogens (tertiary/aromatic N) is 1. The number of carbonyl (C=O) groups excluding carboxylic acids is 1. The predicted octanol–water partition coefficient (Wildman–Crippen LogP) is 2.30. The number of ether oxygens (including phenoxy) is 1. The molecule has 0 radical (unpaired) electrons. The summed E-state index contributed by atoms with van der Waals surface area (Å²) in [5.74, 6) is -0.0946. The second kappa shape index (κ2) is 7.41. The van der Waals surface area contributed by atoms with Gasteiger partial charge in [-0.25, -0.2) is 4.39 Å². The Hall–Kier alpha value is -1.62. The van der Waals surface area contributed by atoms with Gasteiger partial charge in [0.15, 0.2) is 11.6 Å². The highest BCUT2D eigenvalue weighted by Crippen LogP contribution is 2.26. The first kappa shape index (κ1) is 15.8. The van der Waals surface area contributed by atoms with Crippen LogP contribution in [0, 0.1) is 11.7 Å². The molecule has 1 aliphatic rings. The van der Waals surface area contributed by atoms with E-state index in [4.69, 9.17) is 4.74 Å². The van der Waals surface area contributed by atoms with E-state index in [1.807, 2.05) is 11.9 Å². The van der Waals surface area contributed by atoms with E-state index >= 15 is 0 Å². The van der Waals surface area contributed by atoms with Crippen LogP contribution in [-0.4, -0.2) is 44.1 Å². The third-order valence-corrected chi connectivity index (χ3v) is 3.79. The number of halogens is 1. The van der Waals surface area contributed by atoms with Crippen LogP contribution in [0.5, 0.6) is 5.75 Å². The van der Waals surface area contributed by atoms with Crippen molar-refractivity contribution >= 4 is 5.91 Å². The molecule has 1 heterocycles. The Kier molecular flexibility index (Phi) is 5.56. The number of hydrogen-bond donors (Lipinski definition) is 1. The van der Waals surface area contributed by atoms with Crippen molar-refractivity contribution in [1.82, 2.24) is 10.2 Å². The summed E-state index contributed by atoms with van der Waals surface area (Å²) in [6.07, 6.45) is 2.10. The third kappa shape index (κ3) is 3.73. The van der Waals surface area contributed by atoms with Crippen molar-refractivity contribution in [2.45, 2.75) is 19.8 Å². The van der Waals surface area contributed by atoms with Gasteiger partial charge in [0.1, 0.15) is 0 Å².